The first-order chi connectivity index (χ1) is 11.6. The van der Waals surface area contributed by atoms with E-state index in [-0.39, 0.29) is 11.8 Å². The van der Waals surface area contributed by atoms with E-state index in [4.69, 9.17) is 9.78 Å². The fourth-order valence-electron chi connectivity index (χ4n) is 3.16. The molecule has 1 aliphatic carbocycles. The van der Waals surface area contributed by atoms with Crippen molar-refractivity contribution in [3.8, 4) is 6.07 Å². The second-order valence-corrected chi connectivity index (χ2v) is 6.22. The number of benzene rings is 1. The zero-order chi connectivity index (χ0) is 17.1. The Kier molecular flexibility index (Phi) is 4.88. The van der Waals surface area contributed by atoms with E-state index in [9.17, 15) is 9.50 Å². The summed E-state index contributed by atoms with van der Waals surface area (Å²) in [6.07, 6.45) is 0.908. The molecule has 2 aromatic rings. The predicted octanol–water partition coefficient (Wildman–Crippen LogP) is 2.03. The van der Waals surface area contributed by atoms with Crippen molar-refractivity contribution in [1.82, 2.24) is 15.5 Å². The number of halogens is 1. The Morgan fingerprint density at radius 2 is 2.29 bits per heavy atom. The number of aryl methyl sites for hydroxylation is 1. The first-order valence-electron chi connectivity index (χ1n) is 7.94. The van der Waals surface area contributed by atoms with Gasteiger partial charge in [-0.05, 0) is 37.8 Å². The standard InChI is InChI=1S/C17H19FN4O2/c1-10-21-17(24-22-10)13-5-14(16(23)6-13)9-20-8-12-3-2-11(7-19)4-15(12)18/h2-4,13-14,16,20,23H,5-6,8-9H2,1H3/t13-,14+,16+/m0/s1. The lowest BCUT2D eigenvalue weighted by atomic mass is 10.0. The fraction of sp³-hybridized carbons (Fsp3) is 0.471. The minimum atomic E-state index is -0.444. The Bertz CT molecular complexity index is 755. The highest BCUT2D eigenvalue weighted by atomic mass is 19.1. The first-order valence-corrected chi connectivity index (χ1v) is 7.94. The van der Waals surface area contributed by atoms with Gasteiger partial charge in [0.25, 0.3) is 0 Å². The molecule has 0 saturated heterocycles. The van der Waals surface area contributed by atoms with Crippen LogP contribution in [0.2, 0.25) is 0 Å². The second kappa shape index (κ2) is 7.07. The van der Waals surface area contributed by atoms with Gasteiger partial charge in [0.05, 0.1) is 17.7 Å². The molecule has 0 unspecified atom stereocenters. The SMILES string of the molecule is Cc1noc([C@H]2C[C@H](CNCc3ccc(C#N)cc3F)[C@H](O)C2)n1. The molecule has 3 atom stereocenters. The summed E-state index contributed by atoms with van der Waals surface area (Å²) in [4.78, 5) is 4.23. The van der Waals surface area contributed by atoms with Gasteiger partial charge in [0.15, 0.2) is 5.82 Å². The molecule has 0 aliphatic heterocycles. The van der Waals surface area contributed by atoms with Crippen LogP contribution >= 0.6 is 0 Å². The molecule has 126 valence electrons. The van der Waals surface area contributed by atoms with Crippen molar-refractivity contribution >= 4 is 0 Å². The zero-order valence-corrected chi connectivity index (χ0v) is 13.4. The van der Waals surface area contributed by atoms with Gasteiger partial charge in [0.1, 0.15) is 5.82 Å². The number of aliphatic hydroxyl groups excluding tert-OH is 1. The maximum atomic E-state index is 13.8. The van der Waals surface area contributed by atoms with Gasteiger partial charge in [-0.1, -0.05) is 11.2 Å². The van der Waals surface area contributed by atoms with Crippen molar-refractivity contribution in [1.29, 1.82) is 5.26 Å². The van der Waals surface area contributed by atoms with Crippen LogP contribution in [0, 0.1) is 30.0 Å². The third-order valence-electron chi connectivity index (χ3n) is 4.45. The van der Waals surface area contributed by atoms with Crippen molar-refractivity contribution in [2.45, 2.75) is 38.3 Å². The highest BCUT2D eigenvalue weighted by Crippen LogP contribution is 2.37. The van der Waals surface area contributed by atoms with Crippen LogP contribution < -0.4 is 5.32 Å². The van der Waals surface area contributed by atoms with Gasteiger partial charge >= 0.3 is 0 Å². The average Bonchev–Trinajstić information content (AvgIpc) is 3.15. The summed E-state index contributed by atoms with van der Waals surface area (Å²) in [5, 5.41) is 25.9. The molecule has 1 fully saturated rings. The predicted molar refractivity (Wildman–Crippen MR) is 83.3 cm³/mol. The zero-order valence-electron chi connectivity index (χ0n) is 13.4. The molecule has 0 radical (unpaired) electrons. The van der Waals surface area contributed by atoms with E-state index in [0.29, 0.717) is 42.4 Å². The summed E-state index contributed by atoms with van der Waals surface area (Å²) in [5.74, 6) is 0.903. The van der Waals surface area contributed by atoms with E-state index >= 15 is 0 Å². The van der Waals surface area contributed by atoms with Crippen molar-refractivity contribution in [3.63, 3.8) is 0 Å². The molecule has 0 bridgehead atoms. The Morgan fingerprint density at radius 1 is 1.46 bits per heavy atom. The van der Waals surface area contributed by atoms with Crippen LogP contribution in [-0.4, -0.2) is 27.9 Å². The Balaban J connectivity index is 1.53. The van der Waals surface area contributed by atoms with Gasteiger partial charge in [0.2, 0.25) is 5.89 Å². The monoisotopic (exact) mass is 330 g/mol. The lowest BCUT2D eigenvalue weighted by Gasteiger charge is -2.15. The largest absolute Gasteiger partial charge is 0.393 e. The molecular weight excluding hydrogens is 311 g/mol. The van der Waals surface area contributed by atoms with Gasteiger partial charge in [-0.25, -0.2) is 4.39 Å². The van der Waals surface area contributed by atoms with E-state index in [0.717, 1.165) is 6.42 Å². The minimum Gasteiger partial charge on any atom is -0.393 e. The van der Waals surface area contributed by atoms with Crippen LogP contribution in [0.25, 0.3) is 0 Å². The number of nitrogens with zero attached hydrogens (tertiary/aromatic N) is 3. The molecule has 1 aliphatic rings. The quantitative estimate of drug-likeness (QED) is 0.871. The van der Waals surface area contributed by atoms with Crippen LogP contribution in [0.5, 0.6) is 0 Å². The van der Waals surface area contributed by atoms with Crippen molar-refractivity contribution < 1.29 is 14.0 Å². The maximum Gasteiger partial charge on any atom is 0.229 e. The topological polar surface area (TPSA) is 95.0 Å². The van der Waals surface area contributed by atoms with E-state index in [1.165, 1.54) is 6.07 Å². The van der Waals surface area contributed by atoms with Gasteiger partial charge in [-0.3, -0.25) is 0 Å². The van der Waals surface area contributed by atoms with Crippen LogP contribution in [0.1, 0.15) is 41.6 Å². The van der Waals surface area contributed by atoms with Gasteiger partial charge in [-0.15, -0.1) is 0 Å². The molecule has 24 heavy (non-hydrogen) atoms. The number of aromatic nitrogens is 2. The number of nitriles is 1. The number of nitrogens with one attached hydrogen (secondary N) is 1. The maximum absolute atomic E-state index is 13.8. The van der Waals surface area contributed by atoms with Gasteiger partial charge < -0.3 is 14.9 Å². The summed E-state index contributed by atoms with van der Waals surface area (Å²) in [5.41, 5.74) is 0.811. The second-order valence-electron chi connectivity index (χ2n) is 6.22. The van der Waals surface area contributed by atoms with E-state index in [1.54, 1.807) is 19.1 Å². The molecule has 1 aromatic heterocycles. The first kappa shape index (κ1) is 16.6. The molecule has 0 amide bonds. The lowest BCUT2D eigenvalue weighted by molar-refractivity contribution is 0.130. The normalized spacial score (nSPS) is 23.3. The van der Waals surface area contributed by atoms with E-state index in [1.807, 2.05) is 6.07 Å². The van der Waals surface area contributed by atoms with E-state index < -0.39 is 11.9 Å². The summed E-state index contributed by atoms with van der Waals surface area (Å²) < 4.78 is 19.0. The van der Waals surface area contributed by atoms with Crippen molar-refractivity contribution in [2.24, 2.45) is 5.92 Å². The van der Waals surface area contributed by atoms with Crippen molar-refractivity contribution in [3.05, 3.63) is 46.9 Å². The van der Waals surface area contributed by atoms with Gasteiger partial charge in [0, 0.05) is 24.6 Å². The molecule has 3 rings (SSSR count). The summed E-state index contributed by atoms with van der Waals surface area (Å²) in [6.45, 7) is 2.69. The Morgan fingerprint density at radius 3 is 2.96 bits per heavy atom. The highest BCUT2D eigenvalue weighted by Gasteiger charge is 2.36. The molecule has 6 nitrogen and oxygen atoms in total. The minimum absolute atomic E-state index is 0.0589. The molecule has 2 N–H and O–H groups in total. The molecule has 7 heteroatoms. The Hall–Kier alpha value is -2.30. The van der Waals surface area contributed by atoms with Crippen LogP contribution in [-0.2, 0) is 6.54 Å². The fourth-order valence-corrected chi connectivity index (χ4v) is 3.16. The third-order valence-corrected chi connectivity index (χ3v) is 4.45. The summed E-state index contributed by atoms with van der Waals surface area (Å²) >= 11 is 0. The van der Waals surface area contributed by atoms with Crippen LogP contribution in [0.15, 0.2) is 22.7 Å². The van der Waals surface area contributed by atoms with E-state index in [2.05, 4.69) is 15.5 Å². The molecule has 0 spiro atoms. The smallest absolute Gasteiger partial charge is 0.229 e. The molecule has 1 saturated carbocycles. The lowest BCUT2D eigenvalue weighted by Crippen LogP contribution is -2.27. The molecular formula is C17H19FN4O2. The third kappa shape index (κ3) is 3.61. The average molecular weight is 330 g/mol. The van der Waals surface area contributed by atoms with Crippen molar-refractivity contribution in [2.75, 3.05) is 6.54 Å². The van der Waals surface area contributed by atoms with Crippen LogP contribution in [0.3, 0.4) is 0 Å². The Labute approximate surface area is 139 Å². The highest BCUT2D eigenvalue weighted by molar-refractivity contribution is 5.32. The number of hydrogen-bond acceptors (Lipinski definition) is 6. The van der Waals surface area contributed by atoms with Crippen LogP contribution in [0.4, 0.5) is 4.39 Å². The summed E-state index contributed by atoms with van der Waals surface area (Å²) in [6, 6.07) is 6.34. The molecule has 1 heterocycles. The van der Waals surface area contributed by atoms with Gasteiger partial charge in [-0.2, -0.15) is 10.2 Å². The number of rotatable bonds is 5. The summed E-state index contributed by atoms with van der Waals surface area (Å²) in [7, 11) is 0. The number of aliphatic hydroxyl groups is 1. The molecule has 1 aromatic carbocycles. The number of hydrogen-bond donors (Lipinski definition) is 2.